The lowest BCUT2D eigenvalue weighted by Gasteiger charge is -2.25. The third kappa shape index (κ3) is 6.34. The SMILES string of the molecule is Cc1ccc(C(=O)O)cc1NC(=O)[C@H](NC(=O)OCC1c2ccccc2-c2ccccc21)[C@H](C)OCc1ccccc1. The third-order valence-corrected chi connectivity index (χ3v) is 7.47. The Hall–Kier alpha value is -4.95. The van der Waals surface area contributed by atoms with Crippen LogP contribution in [0.25, 0.3) is 11.1 Å². The van der Waals surface area contributed by atoms with Crippen LogP contribution in [0, 0.1) is 6.92 Å². The number of anilines is 1. The Bertz CT molecular complexity index is 1560. The Morgan fingerprint density at radius 3 is 2.12 bits per heavy atom. The summed E-state index contributed by atoms with van der Waals surface area (Å²) in [5.74, 6) is -1.81. The van der Waals surface area contributed by atoms with Crippen molar-refractivity contribution < 1.29 is 29.0 Å². The maximum Gasteiger partial charge on any atom is 0.407 e. The van der Waals surface area contributed by atoms with Gasteiger partial charge in [-0.3, -0.25) is 4.79 Å². The minimum atomic E-state index is -1.13. The fraction of sp³-hybridized carbons (Fsp3) is 0.206. The van der Waals surface area contributed by atoms with Crippen molar-refractivity contribution in [3.63, 3.8) is 0 Å². The Kier molecular flexibility index (Phi) is 8.64. The van der Waals surface area contributed by atoms with Crippen molar-refractivity contribution in [1.29, 1.82) is 0 Å². The van der Waals surface area contributed by atoms with E-state index in [1.807, 2.05) is 66.7 Å². The Morgan fingerprint density at radius 1 is 0.857 bits per heavy atom. The highest BCUT2D eigenvalue weighted by Gasteiger charge is 2.32. The zero-order valence-corrected chi connectivity index (χ0v) is 23.4. The number of nitrogens with one attached hydrogen (secondary N) is 2. The van der Waals surface area contributed by atoms with Crippen molar-refractivity contribution in [2.75, 3.05) is 11.9 Å². The van der Waals surface area contributed by atoms with E-state index >= 15 is 0 Å². The van der Waals surface area contributed by atoms with E-state index in [2.05, 4.69) is 22.8 Å². The smallest absolute Gasteiger partial charge is 0.407 e. The number of aromatic carboxylic acids is 1. The number of amides is 2. The van der Waals surface area contributed by atoms with Crippen LogP contribution >= 0.6 is 0 Å². The predicted molar refractivity (Wildman–Crippen MR) is 159 cm³/mol. The van der Waals surface area contributed by atoms with E-state index in [-0.39, 0.29) is 24.7 Å². The highest BCUT2D eigenvalue weighted by Crippen LogP contribution is 2.44. The number of carboxylic acids is 1. The van der Waals surface area contributed by atoms with E-state index in [0.29, 0.717) is 11.3 Å². The van der Waals surface area contributed by atoms with Gasteiger partial charge < -0.3 is 25.2 Å². The van der Waals surface area contributed by atoms with Gasteiger partial charge in [-0.05, 0) is 59.4 Å². The van der Waals surface area contributed by atoms with E-state index < -0.39 is 30.1 Å². The molecule has 0 saturated carbocycles. The van der Waals surface area contributed by atoms with Gasteiger partial charge in [0.25, 0.3) is 0 Å². The molecule has 0 bridgehead atoms. The molecule has 4 aromatic rings. The van der Waals surface area contributed by atoms with Crippen LogP contribution in [0.1, 0.15) is 45.5 Å². The van der Waals surface area contributed by atoms with Crippen molar-refractivity contribution in [3.8, 4) is 11.1 Å². The number of benzene rings is 4. The molecule has 0 spiro atoms. The number of hydrogen-bond acceptors (Lipinski definition) is 5. The van der Waals surface area contributed by atoms with Gasteiger partial charge in [0.2, 0.25) is 5.91 Å². The Labute approximate surface area is 244 Å². The summed E-state index contributed by atoms with van der Waals surface area (Å²) in [5, 5.41) is 14.8. The molecule has 0 heterocycles. The van der Waals surface area contributed by atoms with Crippen LogP contribution in [-0.2, 0) is 20.9 Å². The lowest BCUT2D eigenvalue weighted by Crippen LogP contribution is -2.51. The lowest BCUT2D eigenvalue weighted by atomic mass is 9.98. The number of ether oxygens (including phenoxy) is 2. The standard InChI is InChI=1S/C34H32N2O6/c1-21-16-17-24(33(38)39)18-30(21)35-32(37)31(22(2)41-19-23-10-4-3-5-11-23)36-34(40)42-20-29-27-14-8-6-12-25(27)26-13-7-9-15-28(26)29/h3-18,22,29,31H,19-20H2,1-2H3,(H,35,37)(H,36,40)(H,38,39)/t22-,31+/m0/s1. The molecule has 8 heteroatoms. The Morgan fingerprint density at radius 2 is 1.48 bits per heavy atom. The van der Waals surface area contributed by atoms with Gasteiger partial charge >= 0.3 is 12.1 Å². The van der Waals surface area contributed by atoms with E-state index in [4.69, 9.17) is 9.47 Å². The highest BCUT2D eigenvalue weighted by atomic mass is 16.5. The second-order valence-electron chi connectivity index (χ2n) is 10.3. The Balaban J connectivity index is 1.31. The van der Waals surface area contributed by atoms with E-state index in [0.717, 1.165) is 27.8 Å². The minimum Gasteiger partial charge on any atom is -0.478 e. The summed E-state index contributed by atoms with van der Waals surface area (Å²) < 4.78 is 11.7. The van der Waals surface area contributed by atoms with Crippen molar-refractivity contribution in [2.24, 2.45) is 0 Å². The molecular formula is C34H32N2O6. The van der Waals surface area contributed by atoms with Gasteiger partial charge in [-0.2, -0.15) is 0 Å². The van der Waals surface area contributed by atoms with Crippen LogP contribution < -0.4 is 10.6 Å². The van der Waals surface area contributed by atoms with Crippen molar-refractivity contribution in [3.05, 3.63) is 125 Å². The topological polar surface area (TPSA) is 114 Å². The first-order chi connectivity index (χ1) is 20.3. The number of aryl methyl sites for hydroxylation is 1. The first kappa shape index (κ1) is 28.6. The molecule has 0 saturated heterocycles. The number of carboxylic acid groups (broad SMARTS) is 1. The molecule has 0 unspecified atom stereocenters. The summed E-state index contributed by atoms with van der Waals surface area (Å²) in [7, 11) is 0. The second-order valence-corrected chi connectivity index (χ2v) is 10.3. The van der Waals surface area contributed by atoms with Gasteiger partial charge in [0.15, 0.2) is 0 Å². The number of carbonyl (C=O) groups excluding carboxylic acids is 2. The summed E-state index contributed by atoms with van der Waals surface area (Å²) >= 11 is 0. The van der Waals surface area contributed by atoms with Gasteiger partial charge in [0.1, 0.15) is 12.6 Å². The fourth-order valence-corrected chi connectivity index (χ4v) is 5.16. The number of rotatable bonds is 10. The molecule has 214 valence electrons. The van der Waals surface area contributed by atoms with Crippen molar-refractivity contribution in [2.45, 2.75) is 38.5 Å². The molecule has 2 amide bonds. The summed E-state index contributed by atoms with van der Waals surface area (Å²) in [5.41, 5.74) is 6.33. The first-order valence-corrected chi connectivity index (χ1v) is 13.7. The quantitative estimate of drug-likeness (QED) is 0.213. The molecule has 0 fully saturated rings. The van der Waals surface area contributed by atoms with Crippen LogP contribution in [0.15, 0.2) is 97.1 Å². The maximum atomic E-state index is 13.5. The molecule has 2 atom stereocenters. The monoisotopic (exact) mass is 564 g/mol. The van der Waals surface area contributed by atoms with Gasteiger partial charge in [0.05, 0.1) is 18.3 Å². The zero-order chi connectivity index (χ0) is 29.6. The molecule has 0 aromatic heterocycles. The number of alkyl carbamates (subject to hydrolysis) is 1. The minimum absolute atomic E-state index is 0.0327. The van der Waals surface area contributed by atoms with E-state index in [1.54, 1.807) is 19.9 Å². The van der Waals surface area contributed by atoms with Gasteiger partial charge in [-0.25, -0.2) is 9.59 Å². The molecule has 0 radical (unpaired) electrons. The lowest BCUT2D eigenvalue weighted by molar-refractivity contribution is -0.122. The maximum absolute atomic E-state index is 13.5. The number of carbonyl (C=O) groups is 3. The summed E-state index contributed by atoms with van der Waals surface area (Å²) in [6.45, 7) is 3.76. The van der Waals surface area contributed by atoms with Crippen LogP contribution in [0.4, 0.5) is 10.5 Å². The summed E-state index contributed by atoms with van der Waals surface area (Å²) in [6.07, 6.45) is -1.50. The molecule has 8 nitrogen and oxygen atoms in total. The van der Waals surface area contributed by atoms with Crippen molar-refractivity contribution in [1.82, 2.24) is 5.32 Å². The molecule has 0 aliphatic heterocycles. The van der Waals surface area contributed by atoms with Crippen LogP contribution in [0.3, 0.4) is 0 Å². The molecule has 3 N–H and O–H groups in total. The average molecular weight is 565 g/mol. The number of fused-ring (bicyclic) bond motifs is 3. The molecule has 5 rings (SSSR count). The predicted octanol–water partition coefficient (Wildman–Crippen LogP) is 6.14. The van der Waals surface area contributed by atoms with E-state index in [1.165, 1.54) is 12.1 Å². The van der Waals surface area contributed by atoms with Crippen LogP contribution in [-0.4, -0.2) is 41.8 Å². The van der Waals surface area contributed by atoms with Crippen LogP contribution in [0.2, 0.25) is 0 Å². The number of hydrogen-bond donors (Lipinski definition) is 3. The first-order valence-electron chi connectivity index (χ1n) is 13.7. The highest BCUT2D eigenvalue weighted by molar-refractivity contribution is 5.99. The normalized spacial score (nSPS) is 13.4. The average Bonchev–Trinajstić information content (AvgIpc) is 3.32. The summed E-state index contributed by atoms with van der Waals surface area (Å²) in [6, 6.07) is 28.9. The third-order valence-electron chi connectivity index (χ3n) is 7.47. The van der Waals surface area contributed by atoms with Gasteiger partial charge in [-0.15, -0.1) is 0 Å². The molecular weight excluding hydrogens is 532 g/mol. The molecule has 4 aromatic carbocycles. The molecule has 1 aliphatic carbocycles. The van der Waals surface area contributed by atoms with Crippen LogP contribution in [0.5, 0.6) is 0 Å². The molecule has 42 heavy (non-hydrogen) atoms. The summed E-state index contributed by atoms with van der Waals surface area (Å²) in [4.78, 5) is 38.1. The second kappa shape index (κ2) is 12.7. The van der Waals surface area contributed by atoms with Gasteiger partial charge in [-0.1, -0.05) is 84.9 Å². The van der Waals surface area contributed by atoms with E-state index in [9.17, 15) is 19.5 Å². The van der Waals surface area contributed by atoms with Gasteiger partial charge in [0, 0.05) is 11.6 Å². The zero-order valence-electron chi connectivity index (χ0n) is 23.4. The molecule has 1 aliphatic rings. The largest absolute Gasteiger partial charge is 0.478 e. The fourth-order valence-electron chi connectivity index (χ4n) is 5.16. The van der Waals surface area contributed by atoms with Crippen molar-refractivity contribution >= 4 is 23.7 Å².